The topological polar surface area (TPSA) is 96.9 Å². The molecule has 3 aliphatic heterocycles. The van der Waals surface area contributed by atoms with Crippen LogP contribution in [0.5, 0.6) is 0 Å². The first-order valence-electron chi connectivity index (χ1n) is 14.7. The molecule has 2 aromatic rings. The molecule has 0 radical (unpaired) electrons. The lowest BCUT2D eigenvalue weighted by Gasteiger charge is -2.37. The van der Waals surface area contributed by atoms with Gasteiger partial charge < -0.3 is 21.1 Å². The lowest BCUT2D eigenvalue weighted by molar-refractivity contribution is -0.123. The standard InChI is InChI=1S/C31H39Cl2FIN5O3/c1-30(2,3)17-25-31(19-15-23(35)21(33)16-24(19)37-29(31)43)26(18-4-5-22(34)20(32)14-18)27(38-25)28(42)36-6-7-39-8-10-40(11-9-39)12-13-41/h4-5,14-16,25-27,38,41H,6-13,17H2,1-3H3,(H,36,42)(H,37,43)/t25-,26+,27-,31+/m1/s1. The Labute approximate surface area is 276 Å². The van der Waals surface area contributed by atoms with Crippen LogP contribution in [0.15, 0.2) is 30.3 Å². The quantitative estimate of drug-likeness (QED) is 0.303. The summed E-state index contributed by atoms with van der Waals surface area (Å²) >= 11 is 14.9. The summed E-state index contributed by atoms with van der Waals surface area (Å²) in [5.74, 6) is -1.67. The van der Waals surface area contributed by atoms with Crippen LogP contribution in [0.25, 0.3) is 0 Å². The third kappa shape index (κ3) is 6.57. The molecule has 4 N–H and O–H groups in total. The van der Waals surface area contributed by atoms with Gasteiger partial charge in [-0.05, 0) is 69.8 Å². The van der Waals surface area contributed by atoms with E-state index in [1.165, 1.54) is 6.07 Å². The van der Waals surface area contributed by atoms with Crippen LogP contribution in [0.3, 0.4) is 0 Å². The van der Waals surface area contributed by atoms with E-state index < -0.39 is 29.2 Å². The van der Waals surface area contributed by atoms with E-state index in [9.17, 15) is 19.1 Å². The molecule has 4 atom stereocenters. The van der Waals surface area contributed by atoms with E-state index in [4.69, 9.17) is 23.2 Å². The fourth-order valence-electron chi connectivity index (χ4n) is 6.96. The Morgan fingerprint density at radius 3 is 2.42 bits per heavy atom. The number of hydrogen-bond acceptors (Lipinski definition) is 6. The van der Waals surface area contributed by atoms with Crippen molar-refractivity contribution in [3.05, 3.63) is 60.9 Å². The number of nitrogens with zero attached hydrogens (tertiary/aromatic N) is 2. The second-order valence-electron chi connectivity index (χ2n) is 12.9. The van der Waals surface area contributed by atoms with Gasteiger partial charge in [0.1, 0.15) is 11.2 Å². The van der Waals surface area contributed by atoms with E-state index in [2.05, 4.69) is 69.1 Å². The summed E-state index contributed by atoms with van der Waals surface area (Å²) in [6, 6.07) is 6.99. The van der Waals surface area contributed by atoms with Crippen LogP contribution in [0, 0.1) is 14.8 Å². The van der Waals surface area contributed by atoms with E-state index in [0.29, 0.717) is 42.3 Å². The fourth-order valence-corrected chi connectivity index (χ4v) is 7.78. The molecule has 3 aliphatic rings. The molecule has 12 heteroatoms. The number of carbonyl (C=O) groups excluding carboxylic acids is 2. The van der Waals surface area contributed by atoms with Crippen molar-refractivity contribution in [2.75, 3.05) is 57.7 Å². The fraction of sp³-hybridized carbons (Fsp3) is 0.548. The van der Waals surface area contributed by atoms with Crippen LogP contribution in [-0.4, -0.2) is 91.2 Å². The van der Waals surface area contributed by atoms with Crippen molar-refractivity contribution in [2.45, 2.75) is 50.6 Å². The summed E-state index contributed by atoms with van der Waals surface area (Å²) in [5, 5.41) is 19.5. The molecule has 2 amide bonds. The van der Waals surface area contributed by atoms with Crippen molar-refractivity contribution >= 4 is 63.3 Å². The van der Waals surface area contributed by atoms with Crippen molar-refractivity contribution in [3.63, 3.8) is 0 Å². The number of rotatable bonds is 8. The number of amides is 2. The number of hydrogen-bond donors (Lipinski definition) is 4. The maximum absolute atomic E-state index is 14.4. The summed E-state index contributed by atoms with van der Waals surface area (Å²) in [5.41, 5.74) is 0.662. The van der Waals surface area contributed by atoms with E-state index in [1.807, 2.05) is 6.07 Å². The Morgan fingerprint density at radius 1 is 1.12 bits per heavy atom. The van der Waals surface area contributed by atoms with Gasteiger partial charge in [-0.3, -0.25) is 19.4 Å². The molecule has 0 aliphatic carbocycles. The smallest absolute Gasteiger partial charge is 0.237 e. The Bertz CT molecular complexity index is 1380. The van der Waals surface area contributed by atoms with Crippen LogP contribution in [0.1, 0.15) is 44.2 Å². The summed E-state index contributed by atoms with van der Waals surface area (Å²) in [6.45, 7) is 11.8. The van der Waals surface area contributed by atoms with Gasteiger partial charge in [-0.2, -0.15) is 0 Å². The van der Waals surface area contributed by atoms with Crippen molar-refractivity contribution in [2.24, 2.45) is 5.41 Å². The molecule has 2 saturated heterocycles. The van der Waals surface area contributed by atoms with E-state index >= 15 is 0 Å². The molecule has 1 spiro atoms. The van der Waals surface area contributed by atoms with E-state index in [-0.39, 0.29) is 28.9 Å². The van der Waals surface area contributed by atoms with E-state index in [1.54, 1.807) is 18.2 Å². The van der Waals surface area contributed by atoms with Crippen LogP contribution in [0.2, 0.25) is 10.0 Å². The molecule has 0 saturated carbocycles. The van der Waals surface area contributed by atoms with Gasteiger partial charge in [0.25, 0.3) is 0 Å². The van der Waals surface area contributed by atoms with Crippen LogP contribution in [0.4, 0.5) is 10.1 Å². The lowest BCUT2D eigenvalue weighted by Crippen LogP contribution is -2.50. The van der Waals surface area contributed by atoms with Crippen LogP contribution in [-0.2, 0) is 15.0 Å². The normalized spacial score (nSPS) is 26.1. The van der Waals surface area contributed by atoms with Crippen LogP contribution >= 0.6 is 45.8 Å². The highest BCUT2D eigenvalue weighted by atomic mass is 127. The Morgan fingerprint density at radius 2 is 1.79 bits per heavy atom. The van der Waals surface area contributed by atoms with Crippen molar-refractivity contribution in [1.29, 1.82) is 0 Å². The number of anilines is 1. The van der Waals surface area contributed by atoms with Crippen molar-refractivity contribution in [1.82, 2.24) is 20.4 Å². The Hall–Kier alpha value is -1.54. The Balaban J connectivity index is 1.50. The van der Waals surface area contributed by atoms with Gasteiger partial charge in [-0.15, -0.1) is 0 Å². The van der Waals surface area contributed by atoms with Gasteiger partial charge in [0, 0.05) is 67.0 Å². The molecule has 2 fully saturated rings. The highest BCUT2D eigenvalue weighted by molar-refractivity contribution is 14.1. The van der Waals surface area contributed by atoms with Crippen molar-refractivity contribution < 1.29 is 19.1 Å². The first kappa shape index (κ1) is 32.8. The summed E-state index contributed by atoms with van der Waals surface area (Å²) in [6.07, 6.45) is 0.604. The van der Waals surface area contributed by atoms with Gasteiger partial charge >= 0.3 is 0 Å². The number of nitrogens with one attached hydrogen (secondary N) is 3. The van der Waals surface area contributed by atoms with Gasteiger partial charge in [-0.1, -0.05) is 50.0 Å². The second-order valence-corrected chi connectivity index (χ2v) is 14.9. The number of fused-ring (bicyclic) bond motifs is 2. The molecule has 0 unspecified atom stereocenters. The maximum atomic E-state index is 14.4. The summed E-state index contributed by atoms with van der Waals surface area (Å²) in [7, 11) is 0. The monoisotopic (exact) mass is 745 g/mol. The zero-order valence-electron chi connectivity index (χ0n) is 24.7. The van der Waals surface area contributed by atoms with Crippen LogP contribution < -0.4 is 16.0 Å². The third-order valence-corrected chi connectivity index (χ3v) is 10.7. The maximum Gasteiger partial charge on any atom is 0.237 e. The zero-order chi connectivity index (χ0) is 31.1. The molecule has 2 aromatic carbocycles. The average Bonchev–Trinajstić information content (AvgIpc) is 3.41. The average molecular weight is 746 g/mol. The van der Waals surface area contributed by atoms with Crippen molar-refractivity contribution in [3.8, 4) is 0 Å². The number of aliphatic hydroxyl groups excluding tert-OH is 1. The number of β-amino-alcohol motifs (C(OH)–C–C–N with tert-alkyl or cyclic N) is 1. The molecule has 8 nitrogen and oxygen atoms in total. The lowest BCUT2D eigenvalue weighted by atomic mass is 9.62. The largest absolute Gasteiger partial charge is 0.395 e. The number of aliphatic hydroxyl groups is 1. The molecule has 43 heavy (non-hydrogen) atoms. The summed E-state index contributed by atoms with van der Waals surface area (Å²) in [4.78, 5) is 32.9. The number of carbonyl (C=O) groups is 2. The molecule has 0 aromatic heterocycles. The van der Waals surface area contributed by atoms with Gasteiger partial charge in [0.2, 0.25) is 11.8 Å². The van der Waals surface area contributed by atoms with Gasteiger partial charge in [0.05, 0.1) is 22.7 Å². The second kappa shape index (κ2) is 13.1. The van der Waals surface area contributed by atoms with E-state index in [0.717, 1.165) is 35.3 Å². The number of halogens is 4. The molecule has 0 bridgehead atoms. The molecule has 234 valence electrons. The highest BCUT2D eigenvalue weighted by Crippen LogP contribution is 2.57. The number of benzene rings is 2. The first-order valence-corrected chi connectivity index (χ1v) is 16.5. The minimum absolute atomic E-state index is 0.0595. The van der Waals surface area contributed by atoms with Gasteiger partial charge in [-0.25, -0.2) is 4.39 Å². The predicted octanol–water partition coefficient (Wildman–Crippen LogP) is 4.21. The number of piperazine rings is 1. The molecule has 3 heterocycles. The molecular weight excluding hydrogens is 707 g/mol. The van der Waals surface area contributed by atoms with Gasteiger partial charge in [0.15, 0.2) is 0 Å². The minimum atomic E-state index is -1.17. The predicted molar refractivity (Wildman–Crippen MR) is 176 cm³/mol. The molecular formula is C31H39Cl2FIN5O3. The summed E-state index contributed by atoms with van der Waals surface area (Å²) < 4.78 is 15.2. The zero-order valence-corrected chi connectivity index (χ0v) is 28.3. The first-order chi connectivity index (χ1) is 20.3. The molecule has 5 rings (SSSR count). The minimum Gasteiger partial charge on any atom is -0.395 e. The Kier molecular flexibility index (Phi) is 9.97. The third-order valence-electron chi connectivity index (χ3n) is 8.89. The highest BCUT2D eigenvalue weighted by Gasteiger charge is 2.65. The SMILES string of the molecule is CC(C)(C)C[C@H]1N[C@@H](C(=O)NCCN2CCN(CCO)CC2)[C@H](c2ccc(F)c(Cl)c2)[C@@]12C(=O)Nc1cc(Cl)c(I)cc12.